The number of nitrogens with zero attached hydrogens (tertiary/aromatic N) is 1. The Morgan fingerprint density at radius 3 is 2.21 bits per heavy atom. The zero-order valence-corrected chi connectivity index (χ0v) is 14.9. The molecule has 4 aliphatic rings. The predicted octanol–water partition coefficient (Wildman–Crippen LogP) is 3.90. The van der Waals surface area contributed by atoms with E-state index in [4.69, 9.17) is 4.74 Å². The van der Waals surface area contributed by atoms with Gasteiger partial charge in [-0.15, -0.1) is 0 Å². The fraction of sp³-hybridized carbons (Fsp3) is 0.667. The first kappa shape index (κ1) is 16.0. The molecule has 3 heteroatoms. The van der Waals surface area contributed by atoms with Crippen LogP contribution in [-0.2, 0) is 4.79 Å². The molecule has 0 spiro atoms. The maximum absolute atomic E-state index is 13.0. The van der Waals surface area contributed by atoms with Crippen molar-refractivity contribution < 1.29 is 9.53 Å². The van der Waals surface area contributed by atoms with Gasteiger partial charge in [0.1, 0.15) is 12.4 Å². The second-order valence-corrected chi connectivity index (χ2v) is 8.38. The quantitative estimate of drug-likeness (QED) is 0.821. The van der Waals surface area contributed by atoms with Crippen molar-refractivity contribution in [3.8, 4) is 5.75 Å². The van der Waals surface area contributed by atoms with Gasteiger partial charge in [-0.25, -0.2) is 0 Å². The molecule has 0 radical (unpaired) electrons. The third-order valence-electron chi connectivity index (χ3n) is 6.60. The molecule has 4 bridgehead atoms. The van der Waals surface area contributed by atoms with Crippen molar-refractivity contribution in [1.82, 2.24) is 4.90 Å². The summed E-state index contributed by atoms with van der Waals surface area (Å²) in [6, 6.07) is 8.10. The molecule has 4 aliphatic carbocycles. The maximum Gasteiger partial charge on any atom is 0.226 e. The molecule has 1 aromatic carbocycles. The van der Waals surface area contributed by atoms with Crippen molar-refractivity contribution in [2.45, 2.75) is 39.0 Å². The van der Waals surface area contributed by atoms with Gasteiger partial charge in [-0.1, -0.05) is 17.7 Å². The normalized spacial score (nSPS) is 33.5. The lowest BCUT2D eigenvalue weighted by atomic mass is 9.51. The maximum atomic E-state index is 13.0. The molecule has 1 aromatic rings. The Kier molecular flexibility index (Phi) is 4.28. The minimum atomic E-state index is 0.294. The van der Waals surface area contributed by atoms with Crippen LogP contribution in [0.4, 0.5) is 0 Å². The molecule has 0 unspecified atom stereocenters. The van der Waals surface area contributed by atoms with Gasteiger partial charge in [0.15, 0.2) is 0 Å². The monoisotopic (exact) mass is 327 g/mol. The average Bonchev–Trinajstić information content (AvgIpc) is 2.55. The highest BCUT2D eigenvalue weighted by atomic mass is 16.5. The fourth-order valence-corrected chi connectivity index (χ4v) is 5.63. The van der Waals surface area contributed by atoms with Gasteiger partial charge in [-0.3, -0.25) is 4.79 Å². The molecule has 5 rings (SSSR count). The first-order chi connectivity index (χ1) is 11.6. The van der Waals surface area contributed by atoms with Gasteiger partial charge < -0.3 is 9.64 Å². The summed E-state index contributed by atoms with van der Waals surface area (Å²) in [5, 5.41) is 0. The number of likely N-dealkylation sites (N-methyl/N-ethyl adjacent to an activating group) is 1. The Hall–Kier alpha value is -1.51. The molecule has 4 saturated carbocycles. The number of amides is 1. The smallest absolute Gasteiger partial charge is 0.226 e. The van der Waals surface area contributed by atoms with E-state index in [1.807, 2.05) is 24.1 Å². The molecule has 0 heterocycles. The van der Waals surface area contributed by atoms with E-state index in [0.717, 1.165) is 17.6 Å². The highest BCUT2D eigenvalue weighted by molar-refractivity contribution is 5.79. The van der Waals surface area contributed by atoms with Crippen LogP contribution in [0.2, 0.25) is 0 Å². The van der Waals surface area contributed by atoms with Crippen LogP contribution >= 0.6 is 0 Å². The highest BCUT2D eigenvalue weighted by Gasteiger charge is 2.51. The van der Waals surface area contributed by atoms with Crippen LogP contribution in [0.15, 0.2) is 24.3 Å². The van der Waals surface area contributed by atoms with Gasteiger partial charge in [0, 0.05) is 13.0 Å². The molecule has 0 N–H and O–H groups in total. The summed E-state index contributed by atoms with van der Waals surface area (Å²) in [4.78, 5) is 14.9. The Balaban J connectivity index is 1.30. The minimum absolute atomic E-state index is 0.294. The van der Waals surface area contributed by atoms with Crippen molar-refractivity contribution in [3.05, 3.63) is 29.8 Å². The lowest BCUT2D eigenvalue weighted by Crippen LogP contribution is -2.51. The zero-order valence-electron chi connectivity index (χ0n) is 14.9. The summed E-state index contributed by atoms with van der Waals surface area (Å²) in [6.07, 6.45) is 6.65. The molecule has 0 aliphatic heterocycles. The SMILES string of the molecule is Cc1ccc(OCCN(C)C(=O)C2C3CC4CC(C3)CC2C4)cc1. The second-order valence-electron chi connectivity index (χ2n) is 8.38. The molecule has 130 valence electrons. The van der Waals surface area contributed by atoms with E-state index in [1.165, 1.54) is 37.7 Å². The topological polar surface area (TPSA) is 29.5 Å². The number of rotatable bonds is 5. The molecule has 4 fully saturated rings. The van der Waals surface area contributed by atoms with Crippen LogP contribution in [0.5, 0.6) is 5.75 Å². The number of aryl methyl sites for hydroxylation is 1. The van der Waals surface area contributed by atoms with Crippen LogP contribution in [-0.4, -0.2) is 31.0 Å². The van der Waals surface area contributed by atoms with Gasteiger partial charge in [-0.05, 0) is 74.8 Å². The molecule has 3 nitrogen and oxygen atoms in total. The summed E-state index contributed by atoms with van der Waals surface area (Å²) in [5.74, 6) is 4.72. The second kappa shape index (κ2) is 6.42. The van der Waals surface area contributed by atoms with Crippen molar-refractivity contribution in [3.63, 3.8) is 0 Å². The van der Waals surface area contributed by atoms with E-state index in [2.05, 4.69) is 19.1 Å². The predicted molar refractivity (Wildman–Crippen MR) is 94.8 cm³/mol. The van der Waals surface area contributed by atoms with Crippen molar-refractivity contribution in [1.29, 1.82) is 0 Å². The fourth-order valence-electron chi connectivity index (χ4n) is 5.63. The van der Waals surface area contributed by atoms with E-state index in [9.17, 15) is 4.79 Å². The third kappa shape index (κ3) is 3.05. The lowest BCUT2D eigenvalue weighted by molar-refractivity contribution is -0.148. The van der Waals surface area contributed by atoms with Crippen LogP contribution in [0.1, 0.15) is 37.7 Å². The van der Waals surface area contributed by atoms with E-state index < -0.39 is 0 Å². The van der Waals surface area contributed by atoms with Crippen molar-refractivity contribution >= 4 is 5.91 Å². The lowest BCUT2D eigenvalue weighted by Gasteiger charge is -2.54. The Morgan fingerprint density at radius 2 is 1.62 bits per heavy atom. The molecular formula is C21H29NO2. The van der Waals surface area contributed by atoms with Gasteiger partial charge >= 0.3 is 0 Å². The number of carbonyl (C=O) groups excluding carboxylic acids is 1. The van der Waals surface area contributed by atoms with Gasteiger partial charge in [0.05, 0.1) is 6.54 Å². The van der Waals surface area contributed by atoms with Crippen molar-refractivity contribution in [2.24, 2.45) is 29.6 Å². The molecule has 0 aromatic heterocycles. The highest BCUT2D eigenvalue weighted by Crippen LogP contribution is 2.56. The van der Waals surface area contributed by atoms with Gasteiger partial charge in [0.25, 0.3) is 0 Å². The number of benzene rings is 1. The number of hydrogen-bond donors (Lipinski definition) is 0. The standard InChI is InChI=1S/C21H29NO2/c1-14-3-5-19(6-4-14)24-8-7-22(2)21(23)20-17-10-15-9-16(12-17)13-18(20)11-15/h3-6,15-18,20H,7-13H2,1-2H3. The van der Waals surface area contributed by atoms with Gasteiger partial charge in [-0.2, -0.15) is 0 Å². The number of carbonyl (C=O) groups is 1. The molecule has 24 heavy (non-hydrogen) atoms. The molecule has 0 atom stereocenters. The Labute approximate surface area is 145 Å². The molecular weight excluding hydrogens is 298 g/mol. The Bertz CT molecular complexity index is 566. The minimum Gasteiger partial charge on any atom is -0.492 e. The number of hydrogen-bond acceptors (Lipinski definition) is 2. The number of ether oxygens (including phenoxy) is 1. The summed E-state index contributed by atoms with van der Waals surface area (Å²) >= 11 is 0. The van der Waals surface area contributed by atoms with E-state index in [1.54, 1.807) is 0 Å². The summed E-state index contributed by atoms with van der Waals surface area (Å²) < 4.78 is 5.79. The van der Waals surface area contributed by atoms with E-state index in [0.29, 0.717) is 36.8 Å². The zero-order chi connectivity index (χ0) is 16.7. The molecule has 0 saturated heterocycles. The summed E-state index contributed by atoms with van der Waals surface area (Å²) in [7, 11) is 1.95. The van der Waals surface area contributed by atoms with E-state index in [-0.39, 0.29) is 0 Å². The summed E-state index contributed by atoms with van der Waals surface area (Å²) in [5.41, 5.74) is 1.23. The third-order valence-corrected chi connectivity index (χ3v) is 6.60. The molecule has 1 amide bonds. The van der Waals surface area contributed by atoms with Crippen LogP contribution < -0.4 is 4.74 Å². The van der Waals surface area contributed by atoms with Gasteiger partial charge in [0.2, 0.25) is 5.91 Å². The van der Waals surface area contributed by atoms with Crippen molar-refractivity contribution in [2.75, 3.05) is 20.2 Å². The average molecular weight is 327 g/mol. The van der Waals surface area contributed by atoms with Crippen LogP contribution in [0.25, 0.3) is 0 Å². The Morgan fingerprint density at radius 1 is 1.04 bits per heavy atom. The largest absolute Gasteiger partial charge is 0.492 e. The summed E-state index contributed by atoms with van der Waals surface area (Å²) in [6.45, 7) is 3.31. The van der Waals surface area contributed by atoms with E-state index >= 15 is 0 Å². The van der Waals surface area contributed by atoms with Crippen LogP contribution in [0, 0.1) is 36.5 Å². The van der Waals surface area contributed by atoms with Crippen LogP contribution in [0.3, 0.4) is 0 Å². The first-order valence-corrected chi connectivity index (χ1v) is 9.54. The first-order valence-electron chi connectivity index (χ1n) is 9.54.